The maximum atomic E-state index is 11.1. The predicted octanol–water partition coefficient (Wildman–Crippen LogP) is 1.10. The molecule has 0 spiro atoms. The molecule has 1 rings (SSSR count). The molecule has 0 heterocycles. The summed E-state index contributed by atoms with van der Waals surface area (Å²) in [5.74, 6) is -0.495. The maximum Gasteiger partial charge on any atom is 0.332 e. The predicted molar refractivity (Wildman–Crippen MR) is 77.8 cm³/mol. The van der Waals surface area contributed by atoms with Crippen molar-refractivity contribution in [3.05, 3.63) is 35.5 Å². The molecule has 0 bridgehead atoms. The van der Waals surface area contributed by atoms with Crippen molar-refractivity contribution < 1.29 is 24.2 Å². The molecule has 0 aromatic heterocycles. The summed E-state index contributed by atoms with van der Waals surface area (Å²) in [6.45, 7) is 3.29. The molecule has 2 N–H and O–H groups in total. The van der Waals surface area contributed by atoms with Gasteiger partial charge in [0.25, 0.3) is 0 Å². The number of allylic oxidation sites excluding steroid dienone is 1. The zero-order valence-electron chi connectivity index (χ0n) is 12.6. The van der Waals surface area contributed by atoms with Gasteiger partial charge in [0, 0.05) is 82.2 Å². The number of benzene rings is 1. The van der Waals surface area contributed by atoms with Crippen LogP contribution < -0.4 is 10.1 Å². The van der Waals surface area contributed by atoms with Gasteiger partial charge in [-0.2, -0.15) is 0 Å². The zero-order valence-corrected chi connectivity index (χ0v) is 15.7. The van der Waals surface area contributed by atoms with Crippen LogP contribution in [0.2, 0.25) is 0 Å². The van der Waals surface area contributed by atoms with E-state index in [1.54, 1.807) is 6.92 Å². The standard InChI is InChI=1S/C14H17NO5.K/c1-9(6-14(18)19-3)15-8-11-7-12(17)4-5-13(11)20-10(2)16;/h4-7,15,17H,8H2,1-3H3;. The number of carbonyl (C=O) groups excluding carboxylic acids is 2. The van der Waals surface area contributed by atoms with Gasteiger partial charge in [-0.05, 0) is 25.1 Å². The van der Waals surface area contributed by atoms with Gasteiger partial charge >= 0.3 is 11.9 Å². The fraction of sp³-hybridized carbons (Fsp3) is 0.286. The average molecular weight is 318 g/mol. The van der Waals surface area contributed by atoms with Gasteiger partial charge in [0.05, 0.1) is 7.11 Å². The monoisotopic (exact) mass is 318 g/mol. The topological polar surface area (TPSA) is 84.9 Å². The van der Waals surface area contributed by atoms with Crippen molar-refractivity contribution in [3.8, 4) is 11.5 Å². The first-order chi connectivity index (χ1) is 9.42. The number of hydrogen-bond acceptors (Lipinski definition) is 6. The van der Waals surface area contributed by atoms with Gasteiger partial charge in [0.1, 0.15) is 11.5 Å². The van der Waals surface area contributed by atoms with Crippen LogP contribution in [0.15, 0.2) is 30.0 Å². The first kappa shape index (κ1) is 20.1. The Labute approximate surface area is 165 Å². The quantitative estimate of drug-likeness (QED) is 0.366. The van der Waals surface area contributed by atoms with Crippen molar-refractivity contribution >= 4 is 63.3 Å². The van der Waals surface area contributed by atoms with E-state index in [1.165, 1.54) is 38.3 Å². The third-order valence-electron chi connectivity index (χ3n) is 2.39. The minimum atomic E-state index is -0.467. The second-order valence-electron chi connectivity index (χ2n) is 4.09. The van der Waals surface area contributed by atoms with Crippen LogP contribution in [-0.4, -0.2) is 75.5 Å². The van der Waals surface area contributed by atoms with Gasteiger partial charge in [-0.15, -0.1) is 0 Å². The van der Waals surface area contributed by atoms with Crippen LogP contribution in [0.25, 0.3) is 0 Å². The molecular weight excluding hydrogens is 301 g/mol. The van der Waals surface area contributed by atoms with E-state index < -0.39 is 11.9 Å². The van der Waals surface area contributed by atoms with Crippen molar-refractivity contribution in [2.45, 2.75) is 20.4 Å². The van der Waals surface area contributed by atoms with E-state index in [1.807, 2.05) is 0 Å². The van der Waals surface area contributed by atoms with E-state index in [2.05, 4.69) is 10.1 Å². The van der Waals surface area contributed by atoms with Crippen molar-refractivity contribution in [3.63, 3.8) is 0 Å². The Morgan fingerprint density at radius 2 is 2.00 bits per heavy atom. The fourth-order valence-corrected chi connectivity index (χ4v) is 1.48. The molecule has 0 fully saturated rings. The van der Waals surface area contributed by atoms with Crippen molar-refractivity contribution in [1.82, 2.24) is 5.32 Å². The molecule has 6 nitrogen and oxygen atoms in total. The summed E-state index contributed by atoms with van der Waals surface area (Å²) in [5, 5.41) is 12.4. The summed E-state index contributed by atoms with van der Waals surface area (Å²) < 4.78 is 9.54. The number of ether oxygens (including phenoxy) is 2. The molecule has 0 aliphatic heterocycles. The van der Waals surface area contributed by atoms with Crippen LogP contribution in [0.4, 0.5) is 0 Å². The Morgan fingerprint density at radius 1 is 1.33 bits per heavy atom. The number of phenolic OH excluding ortho intramolecular Hbond substituents is 1. The smallest absolute Gasteiger partial charge is 0.332 e. The zero-order chi connectivity index (χ0) is 15.1. The van der Waals surface area contributed by atoms with Gasteiger partial charge in [-0.3, -0.25) is 4.79 Å². The van der Waals surface area contributed by atoms with Gasteiger partial charge in [0.2, 0.25) is 0 Å². The second-order valence-corrected chi connectivity index (χ2v) is 4.09. The molecule has 0 amide bonds. The third-order valence-corrected chi connectivity index (χ3v) is 2.39. The molecular formula is C14H17KNO5. The molecule has 0 saturated carbocycles. The third kappa shape index (κ3) is 7.63. The largest absolute Gasteiger partial charge is 0.508 e. The molecule has 0 unspecified atom stereocenters. The fourth-order valence-electron chi connectivity index (χ4n) is 1.48. The number of aromatic hydroxyl groups is 1. The molecule has 1 aromatic carbocycles. The summed E-state index contributed by atoms with van der Waals surface area (Å²) >= 11 is 0. The molecule has 0 aliphatic carbocycles. The minimum Gasteiger partial charge on any atom is -0.508 e. The van der Waals surface area contributed by atoms with Gasteiger partial charge in [-0.1, -0.05) is 0 Å². The second kappa shape index (κ2) is 9.96. The number of esters is 2. The summed E-state index contributed by atoms with van der Waals surface area (Å²) in [6, 6.07) is 4.42. The van der Waals surface area contributed by atoms with Crippen LogP contribution in [0, 0.1) is 0 Å². The van der Waals surface area contributed by atoms with Crippen LogP contribution in [-0.2, 0) is 20.9 Å². The number of methoxy groups -OCH3 is 1. The van der Waals surface area contributed by atoms with Gasteiger partial charge < -0.3 is 19.9 Å². The van der Waals surface area contributed by atoms with E-state index in [0.717, 1.165) is 0 Å². The molecule has 7 heteroatoms. The van der Waals surface area contributed by atoms with Crippen LogP contribution in [0.5, 0.6) is 11.5 Å². The van der Waals surface area contributed by atoms with Crippen molar-refractivity contribution in [2.75, 3.05) is 7.11 Å². The summed E-state index contributed by atoms with van der Waals surface area (Å²) in [6.07, 6.45) is 1.30. The van der Waals surface area contributed by atoms with Crippen molar-refractivity contribution in [2.24, 2.45) is 0 Å². The van der Waals surface area contributed by atoms with Gasteiger partial charge in [0.15, 0.2) is 0 Å². The molecule has 0 atom stereocenters. The molecule has 1 radical (unpaired) electrons. The van der Waals surface area contributed by atoms with E-state index in [0.29, 0.717) is 17.0 Å². The molecule has 0 aliphatic rings. The Hall–Kier alpha value is -0.864. The van der Waals surface area contributed by atoms with E-state index in [-0.39, 0.29) is 63.7 Å². The van der Waals surface area contributed by atoms with Crippen molar-refractivity contribution in [1.29, 1.82) is 0 Å². The number of rotatable bonds is 5. The number of nitrogens with one attached hydrogen (secondary N) is 1. The Balaban J connectivity index is 0.00000400. The Bertz CT molecular complexity index is 542. The van der Waals surface area contributed by atoms with Crippen LogP contribution >= 0.6 is 0 Å². The normalized spacial score (nSPS) is 10.3. The summed E-state index contributed by atoms with van der Waals surface area (Å²) in [7, 11) is 1.29. The van der Waals surface area contributed by atoms with E-state index in [4.69, 9.17) is 4.74 Å². The Kier molecular flexibility index (Phi) is 9.55. The maximum absolute atomic E-state index is 11.1. The summed E-state index contributed by atoms with van der Waals surface area (Å²) in [5.41, 5.74) is 1.19. The molecule has 1 aromatic rings. The number of carbonyl (C=O) groups is 2. The van der Waals surface area contributed by atoms with Gasteiger partial charge in [-0.25, -0.2) is 4.79 Å². The van der Waals surface area contributed by atoms with E-state index in [9.17, 15) is 14.7 Å². The summed E-state index contributed by atoms with van der Waals surface area (Å²) in [4.78, 5) is 22.0. The number of phenols is 1. The molecule has 0 saturated heterocycles. The Morgan fingerprint density at radius 3 is 2.57 bits per heavy atom. The molecule has 21 heavy (non-hydrogen) atoms. The van der Waals surface area contributed by atoms with Crippen LogP contribution in [0.3, 0.4) is 0 Å². The first-order valence-electron chi connectivity index (χ1n) is 5.92. The number of hydrogen-bond donors (Lipinski definition) is 2. The van der Waals surface area contributed by atoms with E-state index >= 15 is 0 Å². The SMILES string of the molecule is COC(=O)C=C(C)NCc1cc(O)ccc1OC(C)=O.[K]. The average Bonchev–Trinajstić information content (AvgIpc) is 2.38. The molecule has 109 valence electrons. The minimum absolute atomic E-state index is 0. The van der Waals surface area contributed by atoms with Crippen LogP contribution in [0.1, 0.15) is 19.4 Å². The first-order valence-corrected chi connectivity index (χ1v) is 5.92.